The van der Waals surface area contributed by atoms with E-state index in [1.165, 1.54) is 4.88 Å². The monoisotopic (exact) mass is 269 g/mol. The third-order valence-electron chi connectivity index (χ3n) is 3.21. The minimum absolute atomic E-state index is 0.0526. The van der Waals surface area contributed by atoms with Gasteiger partial charge in [-0.3, -0.25) is 4.79 Å². The van der Waals surface area contributed by atoms with E-state index >= 15 is 0 Å². The Bertz CT molecular complexity index is 403. The van der Waals surface area contributed by atoms with E-state index in [9.17, 15) is 4.79 Å². The number of hydrogen-bond acceptors (Lipinski definition) is 4. The fraction of sp³-hybridized carbons (Fsp3) is 0.692. The van der Waals surface area contributed by atoms with Gasteiger partial charge in [-0.2, -0.15) is 0 Å². The lowest BCUT2D eigenvalue weighted by atomic mass is 9.99. The SMILES string of the molecule is CCC(C)C(N)C(=O)NCCc1sc(C)nc1C. The maximum Gasteiger partial charge on any atom is 0.237 e. The van der Waals surface area contributed by atoms with Crippen molar-refractivity contribution < 1.29 is 4.79 Å². The maximum atomic E-state index is 11.8. The molecular weight excluding hydrogens is 246 g/mol. The molecule has 2 atom stereocenters. The van der Waals surface area contributed by atoms with E-state index in [4.69, 9.17) is 5.73 Å². The van der Waals surface area contributed by atoms with E-state index < -0.39 is 6.04 Å². The lowest BCUT2D eigenvalue weighted by Gasteiger charge is -2.17. The van der Waals surface area contributed by atoms with Gasteiger partial charge in [-0.25, -0.2) is 4.98 Å². The van der Waals surface area contributed by atoms with Gasteiger partial charge in [0.2, 0.25) is 5.91 Å². The average molecular weight is 269 g/mol. The third-order valence-corrected chi connectivity index (χ3v) is 4.34. The molecule has 0 saturated carbocycles. The number of nitrogens with zero attached hydrogens (tertiary/aromatic N) is 1. The molecule has 0 aliphatic heterocycles. The zero-order chi connectivity index (χ0) is 13.7. The second kappa shape index (κ2) is 6.85. The number of nitrogens with one attached hydrogen (secondary N) is 1. The molecule has 102 valence electrons. The Kier molecular flexibility index (Phi) is 5.75. The number of aryl methyl sites for hydroxylation is 2. The first-order valence-corrected chi connectivity index (χ1v) is 7.23. The Hall–Kier alpha value is -0.940. The maximum absolute atomic E-state index is 11.8. The van der Waals surface area contributed by atoms with Crippen LogP contribution >= 0.6 is 11.3 Å². The van der Waals surface area contributed by atoms with Crippen molar-refractivity contribution in [3.05, 3.63) is 15.6 Å². The number of amides is 1. The van der Waals surface area contributed by atoms with Crippen molar-refractivity contribution in [3.63, 3.8) is 0 Å². The molecule has 1 rings (SSSR count). The van der Waals surface area contributed by atoms with Gasteiger partial charge in [-0.1, -0.05) is 20.3 Å². The van der Waals surface area contributed by atoms with Crippen LogP contribution in [0.5, 0.6) is 0 Å². The Morgan fingerprint density at radius 2 is 2.17 bits per heavy atom. The molecule has 0 spiro atoms. The number of aromatic nitrogens is 1. The van der Waals surface area contributed by atoms with Crippen molar-refractivity contribution in [2.75, 3.05) is 6.54 Å². The van der Waals surface area contributed by atoms with Crippen LogP contribution in [-0.2, 0) is 11.2 Å². The summed E-state index contributed by atoms with van der Waals surface area (Å²) in [5.74, 6) is 0.167. The molecule has 5 heteroatoms. The highest BCUT2D eigenvalue weighted by atomic mass is 32.1. The van der Waals surface area contributed by atoms with Gasteiger partial charge in [0.05, 0.1) is 16.7 Å². The minimum Gasteiger partial charge on any atom is -0.354 e. The van der Waals surface area contributed by atoms with E-state index in [0.29, 0.717) is 6.54 Å². The molecule has 1 aromatic rings. The number of thiazole rings is 1. The van der Waals surface area contributed by atoms with E-state index in [2.05, 4.69) is 10.3 Å². The van der Waals surface area contributed by atoms with Crippen LogP contribution in [0.4, 0.5) is 0 Å². The van der Waals surface area contributed by atoms with E-state index in [1.807, 2.05) is 27.7 Å². The van der Waals surface area contributed by atoms with Crippen LogP contribution < -0.4 is 11.1 Å². The Morgan fingerprint density at radius 3 is 2.67 bits per heavy atom. The van der Waals surface area contributed by atoms with Crippen molar-refractivity contribution in [2.45, 2.75) is 46.6 Å². The van der Waals surface area contributed by atoms with Crippen LogP contribution in [0.3, 0.4) is 0 Å². The summed E-state index contributed by atoms with van der Waals surface area (Å²) in [4.78, 5) is 17.4. The molecule has 1 aromatic heterocycles. The largest absolute Gasteiger partial charge is 0.354 e. The van der Waals surface area contributed by atoms with E-state index in [-0.39, 0.29) is 11.8 Å². The highest BCUT2D eigenvalue weighted by Gasteiger charge is 2.18. The standard InChI is InChI=1S/C13H23N3OS/c1-5-8(2)12(14)13(17)15-7-6-11-9(3)16-10(4)18-11/h8,12H,5-7,14H2,1-4H3,(H,15,17). The molecular formula is C13H23N3OS. The number of carbonyl (C=O) groups excluding carboxylic acids is 1. The Labute approximate surface area is 113 Å². The quantitative estimate of drug-likeness (QED) is 0.827. The van der Waals surface area contributed by atoms with Gasteiger partial charge < -0.3 is 11.1 Å². The smallest absolute Gasteiger partial charge is 0.237 e. The zero-order valence-electron chi connectivity index (χ0n) is 11.6. The van der Waals surface area contributed by atoms with Gasteiger partial charge in [0.15, 0.2) is 0 Å². The normalized spacial score (nSPS) is 14.3. The summed E-state index contributed by atoms with van der Waals surface area (Å²) in [6.45, 7) is 8.68. The van der Waals surface area contributed by atoms with Crippen LogP contribution in [0.25, 0.3) is 0 Å². The van der Waals surface area contributed by atoms with E-state index in [0.717, 1.165) is 23.5 Å². The van der Waals surface area contributed by atoms with Gasteiger partial charge in [0.25, 0.3) is 0 Å². The van der Waals surface area contributed by atoms with Crippen LogP contribution in [0.2, 0.25) is 0 Å². The predicted octanol–water partition coefficient (Wildman–Crippen LogP) is 1.79. The molecule has 3 N–H and O–H groups in total. The first-order valence-electron chi connectivity index (χ1n) is 6.41. The summed E-state index contributed by atoms with van der Waals surface area (Å²) in [5, 5.41) is 3.97. The lowest BCUT2D eigenvalue weighted by molar-refractivity contribution is -0.123. The van der Waals surface area contributed by atoms with Crippen LogP contribution in [0.1, 0.15) is 35.8 Å². The molecule has 0 aromatic carbocycles. The molecule has 0 aliphatic rings. The Balaban J connectivity index is 2.38. The van der Waals surface area contributed by atoms with Gasteiger partial charge in [-0.15, -0.1) is 11.3 Å². The summed E-state index contributed by atoms with van der Waals surface area (Å²) in [5.41, 5.74) is 6.93. The second-order valence-corrected chi connectivity index (χ2v) is 5.98. The fourth-order valence-corrected chi connectivity index (χ4v) is 2.67. The summed E-state index contributed by atoms with van der Waals surface area (Å²) in [7, 11) is 0. The number of carbonyl (C=O) groups is 1. The molecule has 2 unspecified atom stereocenters. The molecule has 0 saturated heterocycles. The lowest BCUT2D eigenvalue weighted by Crippen LogP contribution is -2.45. The van der Waals surface area contributed by atoms with Crippen molar-refractivity contribution >= 4 is 17.2 Å². The highest BCUT2D eigenvalue weighted by molar-refractivity contribution is 7.11. The van der Waals surface area contributed by atoms with Gasteiger partial charge >= 0.3 is 0 Å². The molecule has 0 bridgehead atoms. The third kappa shape index (κ3) is 4.07. The summed E-state index contributed by atoms with van der Waals surface area (Å²) < 4.78 is 0. The average Bonchev–Trinajstić information content (AvgIpc) is 2.65. The fourth-order valence-electron chi connectivity index (χ4n) is 1.73. The van der Waals surface area contributed by atoms with Gasteiger partial charge in [0.1, 0.15) is 0 Å². The van der Waals surface area contributed by atoms with Crippen LogP contribution in [-0.4, -0.2) is 23.5 Å². The highest BCUT2D eigenvalue weighted by Crippen LogP contribution is 2.17. The van der Waals surface area contributed by atoms with Crippen molar-refractivity contribution in [3.8, 4) is 0 Å². The Morgan fingerprint density at radius 1 is 1.50 bits per heavy atom. The topological polar surface area (TPSA) is 68.0 Å². The second-order valence-electron chi connectivity index (χ2n) is 4.69. The predicted molar refractivity (Wildman–Crippen MR) is 75.7 cm³/mol. The molecule has 0 fully saturated rings. The summed E-state index contributed by atoms with van der Waals surface area (Å²) in [6.07, 6.45) is 1.75. The zero-order valence-corrected chi connectivity index (χ0v) is 12.4. The molecule has 0 aliphatic carbocycles. The number of nitrogens with two attached hydrogens (primary N) is 1. The van der Waals surface area contributed by atoms with Crippen molar-refractivity contribution in [1.82, 2.24) is 10.3 Å². The first-order chi connectivity index (χ1) is 8.45. The molecule has 4 nitrogen and oxygen atoms in total. The van der Waals surface area contributed by atoms with Crippen molar-refractivity contribution in [2.24, 2.45) is 11.7 Å². The number of hydrogen-bond donors (Lipinski definition) is 2. The molecule has 1 heterocycles. The summed E-state index contributed by atoms with van der Waals surface area (Å²) in [6, 6.07) is -0.403. The first kappa shape index (κ1) is 15.1. The van der Waals surface area contributed by atoms with E-state index in [1.54, 1.807) is 11.3 Å². The number of rotatable bonds is 6. The molecule has 0 radical (unpaired) electrons. The van der Waals surface area contributed by atoms with Gasteiger partial charge in [-0.05, 0) is 19.8 Å². The van der Waals surface area contributed by atoms with Gasteiger partial charge in [0, 0.05) is 17.8 Å². The molecule has 18 heavy (non-hydrogen) atoms. The van der Waals surface area contributed by atoms with Crippen LogP contribution in [0.15, 0.2) is 0 Å². The van der Waals surface area contributed by atoms with Crippen LogP contribution in [0, 0.1) is 19.8 Å². The molecule has 1 amide bonds. The van der Waals surface area contributed by atoms with Crippen molar-refractivity contribution in [1.29, 1.82) is 0 Å². The summed E-state index contributed by atoms with van der Waals surface area (Å²) >= 11 is 1.69. The minimum atomic E-state index is -0.403.